The van der Waals surface area contributed by atoms with Crippen LogP contribution < -0.4 is 16.4 Å². The number of urea groups is 1. The summed E-state index contributed by atoms with van der Waals surface area (Å²) >= 11 is 3.48. The number of carbonyl (C=O) groups excluding carboxylic acids is 1. The highest BCUT2D eigenvalue weighted by molar-refractivity contribution is 7.97. The van der Waals surface area contributed by atoms with Crippen molar-refractivity contribution in [3.05, 3.63) is 65.3 Å². The Kier molecular flexibility index (Phi) is 8.72. The van der Waals surface area contributed by atoms with Crippen LogP contribution in [0.3, 0.4) is 0 Å². The minimum absolute atomic E-state index is 0.0157. The van der Waals surface area contributed by atoms with Crippen LogP contribution in [0.2, 0.25) is 0 Å². The van der Waals surface area contributed by atoms with Gasteiger partial charge in [0.15, 0.2) is 0 Å². The van der Waals surface area contributed by atoms with Crippen molar-refractivity contribution in [3.8, 4) is 10.4 Å². The molecule has 192 valence electrons. The van der Waals surface area contributed by atoms with Gasteiger partial charge in [-0.05, 0) is 83.1 Å². The smallest absolute Gasteiger partial charge is 0.319 e. The first-order chi connectivity index (χ1) is 17.2. The van der Waals surface area contributed by atoms with Crippen LogP contribution in [0.25, 0.3) is 10.4 Å². The minimum atomic E-state index is -0.220. The van der Waals surface area contributed by atoms with Crippen LogP contribution in [0.4, 0.5) is 10.5 Å². The number of nitrogens with zero attached hydrogens (tertiary/aromatic N) is 2. The molecule has 2 aromatic carbocycles. The number of benzene rings is 2. The van der Waals surface area contributed by atoms with Crippen molar-refractivity contribution in [1.82, 2.24) is 14.6 Å². The summed E-state index contributed by atoms with van der Waals surface area (Å²) < 4.78 is 2.25. The standard InChI is InChI=1S/C28H37N5OS2/c1-28(2,3)33(4)36-24-16-22(32-27(34)31-17-19-8-6-5-7-9-19)14-15-23(24)25-18-30-26(35-25)20-10-12-21(29)13-11-20/h5-9,14-16,18,20-21H,10-13,17,29H2,1-4H3,(H2,31,32,34). The van der Waals surface area contributed by atoms with Gasteiger partial charge in [0, 0.05) is 46.4 Å². The summed E-state index contributed by atoms with van der Waals surface area (Å²) in [7, 11) is 2.10. The number of hydrogen-bond donors (Lipinski definition) is 3. The van der Waals surface area contributed by atoms with Gasteiger partial charge in [-0.1, -0.05) is 36.4 Å². The Balaban J connectivity index is 1.52. The van der Waals surface area contributed by atoms with Gasteiger partial charge in [-0.15, -0.1) is 11.3 Å². The molecule has 8 heteroatoms. The van der Waals surface area contributed by atoms with Crippen molar-refractivity contribution in [3.63, 3.8) is 0 Å². The normalized spacial score (nSPS) is 18.3. The van der Waals surface area contributed by atoms with E-state index in [2.05, 4.69) is 54.9 Å². The van der Waals surface area contributed by atoms with E-state index in [1.165, 1.54) is 5.01 Å². The van der Waals surface area contributed by atoms with E-state index in [0.29, 0.717) is 18.5 Å². The van der Waals surface area contributed by atoms with Crippen molar-refractivity contribution >= 4 is 35.0 Å². The summed E-state index contributed by atoms with van der Waals surface area (Å²) in [5.41, 5.74) is 9.06. The van der Waals surface area contributed by atoms with Gasteiger partial charge < -0.3 is 16.4 Å². The predicted octanol–water partition coefficient (Wildman–Crippen LogP) is 6.85. The van der Waals surface area contributed by atoms with E-state index in [9.17, 15) is 4.79 Å². The molecule has 2 amide bonds. The molecule has 0 spiro atoms. The number of rotatable bonds is 7. The van der Waals surface area contributed by atoms with E-state index in [1.807, 2.05) is 42.6 Å². The molecule has 0 aliphatic heterocycles. The molecule has 36 heavy (non-hydrogen) atoms. The zero-order valence-corrected chi connectivity index (χ0v) is 23.2. The van der Waals surface area contributed by atoms with Crippen molar-refractivity contribution in [2.24, 2.45) is 5.73 Å². The molecule has 6 nitrogen and oxygen atoms in total. The summed E-state index contributed by atoms with van der Waals surface area (Å²) in [6.45, 7) is 7.06. The Morgan fingerprint density at radius 2 is 1.86 bits per heavy atom. The van der Waals surface area contributed by atoms with E-state index in [4.69, 9.17) is 10.7 Å². The third-order valence-electron chi connectivity index (χ3n) is 6.63. The lowest BCUT2D eigenvalue weighted by molar-refractivity contribution is 0.251. The van der Waals surface area contributed by atoms with Crippen molar-refractivity contribution in [2.75, 3.05) is 12.4 Å². The van der Waals surface area contributed by atoms with Crippen LogP contribution in [0.1, 0.15) is 62.9 Å². The van der Waals surface area contributed by atoms with E-state index >= 15 is 0 Å². The SMILES string of the molecule is CN(Sc1cc(NC(=O)NCc2ccccc2)ccc1-c1cnc(C2CCC(N)CC2)s1)C(C)(C)C. The molecular weight excluding hydrogens is 486 g/mol. The quantitative estimate of drug-likeness (QED) is 0.295. The van der Waals surface area contributed by atoms with Crippen LogP contribution >= 0.6 is 23.3 Å². The summed E-state index contributed by atoms with van der Waals surface area (Å²) in [5.74, 6) is 0.506. The first-order valence-electron chi connectivity index (χ1n) is 12.6. The molecule has 0 bridgehead atoms. The molecule has 4 N–H and O–H groups in total. The third-order valence-corrected chi connectivity index (χ3v) is 9.17. The fourth-order valence-corrected chi connectivity index (χ4v) is 6.30. The Bertz CT molecular complexity index is 1150. The molecule has 1 aromatic heterocycles. The lowest BCUT2D eigenvalue weighted by atomic mass is 9.87. The van der Waals surface area contributed by atoms with Gasteiger partial charge in [0.05, 0.1) is 9.88 Å². The topological polar surface area (TPSA) is 83.3 Å². The number of carbonyl (C=O) groups is 1. The Morgan fingerprint density at radius 1 is 1.14 bits per heavy atom. The highest BCUT2D eigenvalue weighted by Gasteiger charge is 2.24. The number of anilines is 1. The Morgan fingerprint density at radius 3 is 2.56 bits per heavy atom. The molecule has 1 aliphatic rings. The maximum Gasteiger partial charge on any atom is 0.319 e. The molecule has 0 radical (unpaired) electrons. The van der Waals surface area contributed by atoms with Gasteiger partial charge in [0.25, 0.3) is 0 Å². The second kappa shape index (κ2) is 11.8. The van der Waals surface area contributed by atoms with Crippen LogP contribution in [-0.2, 0) is 6.54 Å². The Hall–Kier alpha value is -2.39. The van der Waals surface area contributed by atoms with E-state index in [-0.39, 0.29) is 11.6 Å². The molecule has 0 atom stereocenters. The fraction of sp³-hybridized carbons (Fsp3) is 0.429. The number of aromatic nitrogens is 1. The Labute approximate surface area is 223 Å². The molecule has 1 fully saturated rings. The van der Waals surface area contributed by atoms with Crippen LogP contribution in [0.5, 0.6) is 0 Å². The van der Waals surface area contributed by atoms with Crippen molar-refractivity contribution < 1.29 is 4.79 Å². The average Bonchev–Trinajstić information content (AvgIpc) is 3.33. The second-order valence-corrected chi connectivity index (χ2v) is 12.7. The van der Waals surface area contributed by atoms with E-state index in [0.717, 1.165) is 52.3 Å². The van der Waals surface area contributed by atoms with Gasteiger partial charge in [-0.2, -0.15) is 0 Å². The molecule has 0 saturated heterocycles. The monoisotopic (exact) mass is 523 g/mol. The summed E-state index contributed by atoms with van der Waals surface area (Å²) in [5, 5.41) is 7.14. The van der Waals surface area contributed by atoms with Crippen molar-refractivity contribution in [2.45, 2.75) is 75.4 Å². The molecule has 0 unspecified atom stereocenters. The molecular formula is C28H37N5OS2. The number of thiazole rings is 1. The largest absolute Gasteiger partial charge is 0.334 e. The lowest BCUT2D eigenvalue weighted by Crippen LogP contribution is -2.32. The molecule has 4 rings (SSSR count). The number of nitrogens with two attached hydrogens (primary N) is 1. The van der Waals surface area contributed by atoms with Gasteiger partial charge in [0.1, 0.15) is 0 Å². The maximum atomic E-state index is 12.6. The number of hydrogen-bond acceptors (Lipinski definition) is 6. The first kappa shape index (κ1) is 26.7. The lowest BCUT2D eigenvalue weighted by Gasteiger charge is -2.31. The predicted molar refractivity (Wildman–Crippen MR) is 152 cm³/mol. The van der Waals surface area contributed by atoms with Gasteiger partial charge in [0.2, 0.25) is 0 Å². The van der Waals surface area contributed by atoms with Gasteiger partial charge >= 0.3 is 6.03 Å². The highest BCUT2D eigenvalue weighted by atomic mass is 32.2. The summed E-state index contributed by atoms with van der Waals surface area (Å²) in [6, 6.07) is 16.1. The van der Waals surface area contributed by atoms with E-state index in [1.54, 1.807) is 23.3 Å². The second-order valence-electron chi connectivity index (χ2n) is 10.4. The van der Waals surface area contributed by atoms with E-state index < -0.39 is 0 Å². The molecule has 3 aromatic rings. The van der Waals surface area contributed by atoms with Gasteiger partial charge in [-0.3, -0.25) is 0 Å². The molecule has 1 saturated carbocycles. The summed E-state index contributed by atoms with van der Waals surface area (Å²) in [4.78, 5) is 19.6. The van der Waals surface area contributed by atoms with Crippen molar-refractivity contribution in [1.29, 1.82) is 0 Å². The number of nitrogens with one attached hydrogen (secondary N) is 2. The number of amides is 2. The average molecular weight is 524 g/mol. The van der Waals surface area contributed by atoms with Crippen LogP contribution in [0.15, 0.2) is 59.6 Å². The molecule has 1 aliphatic carbocycles. The fourth-order valence-electron chi connectivity index (χ4n) is 4.08. The van der Waals surface area contributed by atoms with Gasteiger partial charge in [-0.25, -0.2) is 14.1 Å². The highest BCUT2D eigenvalue weighted by Crippen LogP contribution is 2.42. The van der Waals surface area contributed by atoms with Crippen LogP contribution in [0, 0.1) is 0 Å². The van der Waals surface area contributed by atoms with Crippen LogP contribution in [-0.4, -0.2) is 33.9 Å². The zero-order chi connectivity index (χ0) is 25.7. The third kappa shape index (κ3) is 7.09. The summed E-state index contributed by atoms with van der Waals surface area (Å²) in [6.07, 6.45) is 6.38. The maximum absolute atomic E-state index is 12.6. The zero-order valence-electron chi connectivity index (χ0n) is 21.6. The first-order valence-corrected chi connectivity index (χ1v) is 14.1. The molecule has 1 heterocycles. The minimum Gasteiger partial charge on any atom is -0.334 e.